The molecule has 1 aromatic rings. The minimum absolute atomic E-state index is 0.0779. The Balaban J connectivity index is 2.76. The zero-order chi connectivity index (χ0) is 12.1. The van der Waals surface area contributed by atoms with Gasteiger partial charge in [-0.1, -0.05) is 12.1 Å². The summed E-state index contributed by atoms with van der Waals surface area (Å²) in [6.45, 7) is 1.72. The van der Waals surface area contributed by atoms with Gasteiger partial charge in [0.15, 0.2) is 17.6 Å². The summed E-state index contributed by atoms with van der Waals surface area (Å²) in [7, 11) is 4.97. The smallest absolute Gasteiger partial charge is 0.262 e. The van der Waals surface area contributed by atoms with Crippen LogP contribution in [0.25, 0.3) is 0 Å². The van der Waals surface area contributed by atoms with Gasteiger partial charge in [0.05, 0.1) is 7.11 Å². The van der Waals surface area contributed by atoms with E-state index >= 15 is 0 Å². The van der Waals surface area contributed by atoms with Crippen molar-refractivity contribution in [3.05, 3.63) is 24.3 Å². The van der Waals surface area contributed by atoms with E-state index in [0.29, 0.717) is 11.5 Å². The second-order valence-electron chi connectivity index (χ2n) is 3.64. The monoisotopic (exact) mass is 223 g/mol. The maximum atomic E-state index is 11.6. The average molecular weight is 223 g/mol. The molecule has 16 heavy (non-hydrogen) atoms. The summed E-state index contributed by atoms with van der Waals surface area (Å²) in [5.74, 6) is 1.12. The van der Waals surface area contributed by atoms with E-state index in [1.807, 2.05) is 12.1 Å². The summed E-state index contributed by atoms with van der Waals surface area (Å²) >= 11 is 0. The van der Waals surface area contributed by atoms with Crippen LogP contribution < -0.4 is 9.47 Å². The topological polar surface area (TPSA) is 38.8 Å². The molecule has 0 aliphatic rings. The van der Waals surface area contributed by atoms with Gasteiger partial charge >= 0.3 is 0 Å². The van der Waals surface area contributed by atoms with Gasteiger partial charge in [0.2, 0.25) is 0 Å². The molecule has 0 saturated heterocycles. The van der Waals surface area contributed by atoms with Crippen LogP contribution in [0.4, 0.5) is 0 Å². The first-order chi connectivity index (χ1) is 7.56. The Hall–Kier alpha value is -1.71. The number of rotatable bonds is 4. The Morgan fingerprint density at radius 1 is 1.25 bits per heavy atom. The lowest BCUT2D eigenvalue weighted by Crippen LogP contribution is -2.35. The lowest BCUT2D eigenvalue weighted by molar-refractivity contribution is -0.135. The Labute approximate surface area is 95.8 Å². The first-order valence-corrected chi connectivity index (χ1v) is 5.07. The molecule has 0 fully saturated rings. The Kier molecular flexibility index (Phi) is 4.17. The molecular formula is C12H17NO3. The van der Waals surface area contributed by atoms with E-state index in [9.17, 15) is 4.79 Å². The molecule has 4 heteroatoms. The van der Waals surface area contributed by atoms with Crippen LogP contribution in [-0.2, 0) is 4.79 Å². The molecule has 1 aromatic carbocycles. The molecule has 0 unspecified atom stereocenters. The van der Waals surface area contributed by atoms with Crippen molar-refractivity contribution in [1.29, 1.82) is 0 Å². The molecule has 0 bridgehead atoms. The molecule has 88 valence electrons. The summed E-state index contributed by atoms with van der Waals surface area (Å²) in [6.07, 6.45) is -0.522. The van der Waals surface area contributed by atoms with Crippen LogP contribution in [0.5, 0.6) is 11.5 Å². The first-order valence-electron chi connectivity index (χ1n) is 5.07. The van der Waals surface area contributed by atoms with E-state index < -0.39 is 6.10 Å². The van der Waals surface area contributed by atoms with Gasteiger partial charge in [0.25, 0.3) is 5.91 Å². The van der Waals surface area contributed by atoms with Crippen LogP contribution in [0.2, 0.25) is 0 Å². The normalized spacial score (nSPS) is 11.8. The number of carbonyl (C=O) groups is 1. The van der Waals surface area contributed by atoms with E-state index in [2.05, 4.69) is 0 Å². The van der Waals surface area contributed by atoms with Gasteiger partial charge < -0.3 is 14.4 Å². The van der Waals surface area contributed by atoms with E-state index in [1.54, 1.807) is 40.3 Å². The van der Waals surface area contributed by atoms with Crippen LogP contribution in [0.15, 0.2) is 24.3 Å². The second-order valence-corrected chi connectivity index (χ2v) is 3.64. The molecule has 1 amide bonds. The molecule has 0 saturated carbocycles. The molecule has 1 rings (SSSR count). The predicted molar refractivity (Wildman–Crippen MR) is 61.8 cm³/mol. The van der Waals surface area contributed by atoms with Crippen molar-refractivity contribution in [2.75, 3.05) is 21.2 Å². The fraction of sp³-hybridized carbons (Fsp3) is 0.417. The van der Waals surface area contributed by atoms with Crippen molar-refractivity contribution in [2.45, 2.75) is 13.0 Å². The third-order valence-electron chi connectivity index (χ3n) is 2.16. The Morgan fingerprint density at radius 2 is 1.81 bits per heavy atom. The number of ether oxygens (including phenoxy) is 2. The molecule has 0 N–H and O–H groups in total. The number of likely N-dealkylation sites (N-methyl/N-ethyl adjacent to an activating group) is 1. The number of hydrogen-bond acceptors (Lipinski definition) is 3. The molecule has 0 aliphatic heterocycles. The highest BCUT2D eigenvalue weighted by Crippen LogP contribution is 2.26. The van der Waals surface area contributed by atoms with Crippen LogP contribution in [0.3, 0.4) is 0 Å². The maximum Gasteiger partial charge on any atom is 0.262 e. The van der Waals surface area contributed by atoms with Crippen LogP contribution >= 0.6 is 0 Å². The quantitative estimate of drug-likeness (QED) is 0.777. The average Bonchev–Trinajstić information content (AvgIpc) is 2.28. The highest BCUT2D eigenvalue weighted by Gasteiger charge is 2.17. The molecular weight excluding hydrogens is 206 g/mol. The van der Waals surface area contributed by atoms with Gasteiger partial charge in [-0.15, -0.1) is 0 Å². The third-order valence-corrected chi connectivity index (χ3v) is 2.16. The van der Waals surface area contributed by atoms with Crippen molar-refractivity contribution in [2.24, 2.45) is 0 Å². The first kappa shape index (κ1) is 12.4. The molecule has 0 spiro atoms. The van der Waals surface area contributed by atoms with Gasteiger partial charge in [-0.3, -0.25) is 4.79 Å². The fourth-order valence-corrected chi connectivity index (χ4v) is 1.32. The lowest BCUT2D eigenvalue weighted by Gasteiger charge is -2.19. The van der Waals surface area contributed by atoms with Gasteiger partial charge in [-0.25, -0.2) is 0 Å². The number of benzene rings is 1. The van der Waals surface area contributed by atoms with E-state index in [1.165, 1.54) is 4.90 Å². The Morgan fingerprint density at radius 3 is 2.31 bits per heavy atom. The minimum atomic E-state index is -0.522. The second kappa shape index (κ2) is 5.39. The molecule has 4 nitrogen and oxygen atoms in total. The highest BCUT2D eigenvalue weighted by atomic mass is 16.5. The maximum absolute atomic E-state index is 11.6. The van der Waals surface area contributed by atoms with Gasteiger partial charge in [0, 0.05) is 14.1 Å². The van der Waals surface area contributed by atoms with E-state index in [0.717, 1.165) is 0 Å². The zero-order valence-corrected chi connectivity index (χ0v) is 10.1. The van der Waals surface area contributed by atoms with Crippen molar-refractivity contribution < 1.29 is 14.3 Å². The van der Waals surface area contributed by atoms with Crippen LogP contribution in [-0.4, -0.2) is 38.1 Å². The third kappa shape index (κ3) is 2.89. The largest absolute Gasteiger partial charge is 0.493 e. The van der Waals surface area contributed by atoms with E-state index in [4.69, 9.17) is 9.47 Å². The number of amides is 1. The molecule has 0 aliphatic carbocycles. The van der Waals surface area contributed by atoms with E-state index in [-0.39, 0.29) is 5.91 Å². The van der Waals surface area contributed by atoms with Gasteiger partial charge in [0.1, 0.15) is 0 Å². The van der Waals surface area contributed by atoms with Crippen LogP contribution in [0, 0.1) is 0 Å². The van der Waals surface area contributed by atoms with Crippen molar-refractivity contribution in [3.63, 3.8) is 0 Å². The minimum Gasteiger partial charge on any atom is -0.493 e. The Bertz CT molecular complexity index is 363. The highest BCUT2D eigenvalue weighted by molar-refractivity contribution is 5.80. The number of nitrogens with zero attached hydrogens (tertiary/aromatic N) is 1. The summed E-state index contributed by atoms with van der Waals surface area (Å²) < 4.78 is 10.7. The molecule has 0 aromatic heterocycles. The van der Waals surface area contributed by atoms with Crippen molar-refractivity contribution in [3.8, 4) is 11.5 Å². The summed E-state index contributed by atoms with van der Waals surface area (Å²) in [4.78, 5) is 13.1. The fourth-order valence-electron chi connectivity index (χ4n) is 1.32. The van der Waals surface area contributed by atoms with Crippen molar-refractivity contribution in [1.82, 2.24) is 4.90 Å². The van der Waals surface area contributed by atoms with Gasteiger partial charge in [-0.05, 0) is 19.1 Å². The number of para-hydroxylation sites is 2. The van der Waals surface area contributed by atoms with Crippen LogP contribution in [0.1, 0.15) is 6.92 Å². The number of methoxy groups -OCH3 is 1. The standard InChI is InChI=1S/C12H17NO3/c1-9(12(14)13(2)3)16-11-8-6-5-7-10(11)15-4/h5-9H,1-4H3/t9-/m0/s1. The summed E-state index contributed by atoms with van der Waals surface area (Å²) in [5.41, 5.74) is 0. The SMILES string of the molecule is COc1ccccc1O[C@@H](C)C(=O)N(C)C. The van der Waals surface area contributed by atoms with Crippen molar-refractivity contribution >= 4 is 5.91 Å². The number of carbonyl (C=O) groups excluding carboxylic acids is 1. The molecule has 0 radical (unpaired) electrons. The molecule has 0 heterocycles. The summed E-state index contributed by atoms with van der Waals surface area (Å²) in [6, 6.07) is 7.26. The summed E-state index contributed by atoms with van der Waals surface area (Å²) in [5, 5.41) is 0. The molecule has 1 atom stereocenters. The predicted octanol–water partition coefficient (Wildman–Crippen LogP) is 1.55. The lowest BCUT2D eigenvalue weighted by atomic mass is 10.3. The van der Waals surface area contributed by atoms with Gasteiger partial charge in [-0.2, -0.15) is 0 Å². The number of hydrogen-bond donors (Lipinski definition) is 0. The zero-order valence-electron chi connectivity index (χ0n) is 10.1.